The molecule has 4 heteroatoms. The summed E-state index contributed by atoms with van der Waals surface area (Å²) in [4.78, 5) is 12.2. The van der Waals surface area contributed by atoms with Crippen molar-refractivity contribution in [2.24, 2.45) is 0 Å². The van der Waals surface area contributed by atoms with Crippen LogP contribution in [0.4, 0.5) is 4.39 Å². The van der Waals surface area contributed by atoms with E-state index in [1.54, 1.807) is 25.1 Å². The molecule has 0 radical (unpaired) electrons. The number of benzene rings is 2. The molecule has 0 atom stereocenters. The molecule has 0 fully saturated rings. The Morgan fingerprint density at radius 3 is 2.57 bits per heavy atom. The molecule has 2 aromatic carbocycles. The lowest BCUT2D eigenvalue weighted by atomic mass is 10.1. The molecule has 0 bridgehead atoms. The topological polar surface area (TPSA) is 35.5 Å². The van der Waals surface area contributed by atoms with Gasteiger partial charge in [0.25, 0.3) is 0 Å². The van der Waals surface area contributed by atoms with Crippen LogP contribution in [-0.2, 0) is 0 Å². The lowest BCUT2D eigenvalue weighted by molar-refractivity contribution is 0.0917. The molecule has 0 saturated heterocycles. The van der Waals surface area contributed by atoms with Crippen molar-refractivity contribution in [3.8, 4) is 11.5 Å². The largest absolute Gasteiger partial charge is 0.496 e. The minimum absolute atomic E-state index is 0.163. The molecule has 0 spiro atoms. The van der Waals surface area contributed by atoms with Gasteiger partial charge in [-0.25, -0.2) is 4.39 Å². The summed E-state index contributed by atoms with van der Waals surface area (Å²) in [5.41, 5.74) is 2.24. The van der Waals surface area contributed by atoms with E-state index >= 15 is 0 Å². The first kappa shape index (κ1) is 15.0. The molecule has 0 unspecified atom stereocenters. The highest BCUT2D eigenvalue weighted by Crippen LogP contribution is 2.22. The molecule has 0 aliphatic heterocycles. The zero-order valence-corrected chi connectivity index (χ0v) is 12.3. The van der Waals surface area contributed by atoms with Crippen molar-refractivity contribution in [3.05, 3.63) is 58.9 Å². The van der Waals surface area contributed by atoms with E-state index in [0.29, 0.717) is 17.1 Å². The lowest BCUT2D eigenvalue weighted by Gasteiger charge is -2.11. The molecule has 3 nitrogen and oxygen atoms in total. The van der Waals surface area contributed by atoms with Gasteiger partial charge < -0.3 is 9.47 Å². The van der Waals surface area contributed by atoms with Crippen LogP contribution in [0.1, 0.15) is 21.5 Å². The van der Waals surface area contributed by atoms with Gasteiger partial charge >= 0.3 is 0 Å². The van der Waals surface area contributed by atoms with Gasteiger partial charge in [0.1, 0.15) is 17.3 Å². The Morgan fingerprint density at radius 1 is 1.10 bits per heavy atom. The van der Waals surface area contributed by atoms with Crippen LogP contribution in [0, 0.1) is 19.7 Å². The Kier molecular flexibility index (Phi) is 4.58. The number of carbonyl (C=O) groups is 1. The summed E-state index contributed by atoms with van der Waals surface area (Å²) in [7, 11) is 1.52. The summed E-state index contributed by atoms with van der Waals surface area (Å²) >= 11 is 0. The Hall–Kier alpha value is -2.36. The van der Waals surface area contributed by atoms with Crippen LogP contribution in [0.5, 0.6) is 11.5 Å². The summed E-state index contributed by atoms with van der Waals surface area (Å²) in [5.74, 6) is 0.278. The molecule has 0 aliphatic carbocycles. The predicted molar refractivity (Wildman–Crippen MR) is 78.7 cm³/mol. The summed E-state index contributed by atoms with van der Waals surface area (Å²) in [5, 5.41) is 0. The average Bonchev–Trinajstić information content (AvgIpc) is 2.47. The summed E-state index contributed by atoms with van der Waals surface area (Å²) < 4.78 is 23.8. The molecule has 0 N–H and O–H groups in total. The van der Waals surface area contributed by atoms with Gasteiger partial charge in [-0.05, 0) is 43.2 Å². The minimum atomic E-state index is -0.393. The van der Waals surface area contributed by atoms with E-state index in [9.17, 15) is 9.18 Å². The summed E-state index contributed by atoms with van der Waals surface area (Å²) in [6, 6.07) is 9.58. The van der Waals surface area contributed by atoms with Crippen molar-refractivity contribution in [1.82, 2.24) is 0 Å². The SMILES string of the molecule is COc1cc(C)ccc1C(=O)COc1cc(F)ccc1C. The summed E-state index contributed by atoms with van der Waals surface area (Å²) in [6.07, 6.45) is 0. The number of ketones is 1. The first-order chi connectivity index (χ1) is 10.0. The van der Waals surface area contributed by atoms with E-state index in [-0.39, 0.29) is 12.4 Å². The minimum Gasteiger partial charge on any atom is -0.496 e. The first-order valence-corrected chi connectivity index (χ1v) is 6.58. The van der Waals surface area contributed by atoms with Crippen LogP contribution in [0.3, 0.4) is 0 Å². The second-order valence-electron chi connectivity index (χ2n) is 4.83. The highest BCUT2D eigenvalue weighted by molar-refractivity contribution is 5.99. The van der Waals surface area contributed by atoms with Crippen LogP contribution >= 0.6 is 0 Å². The maximum Gasteiger partial charge on any atom is 0.203 e. The van der Waals surface area contributed by atoms with Crippen LogP contribution in [0.15, 0.2) is 36.4 Å². The highest BCUT2D eigenvalue weighted by atomic mass is 19.1. The molecule has 2 aromatic rings. The Bertz CT molecular complexity index is 665. The average molecular weight is 288 g/mol. The highest BCUT2D eigenvalue weighted by Gasteiger charge is 2.14. The fourth-order valence-electron chi connectivity index (χ4n) is 1.98. The van der Waals surface area contributed by atoms with E-state index in [1.165, 1.54) is 19.2 Å². The Balaban J connectivity index is 2.13. The maximum atomic E-state index is 13.2. The van der Waals surface area contributed by atoms with Crippen LogP contribution in [0.25, 0.3) is 0 Å². The number of Topliss-reactive ketones (excluding diaryl/α,β-unsaturated/α-hetero) is 1. The molecule has 0 saturated carbocycles. The van der Waals surface area contributed by atoms with Crippen LogP contribution in [0.2, 0.25) is 0 Å². The molecule has 2 rings (SSSR count). The predicted octanol–water partition coefficient (Wildman–Crippen LogP) is 3.71. The molecule has 0 aromatic heterocycles. The van der Waals surface area contributed by atoms with Gasteiger partial charge in [0, 0.05) is 6.07 Å². The van der Waals surface area contributed by atoms with Crippen molar-refractivity contribution in [2.75, 3.05) is 13.7 Å². The number of carbonyl (C=O) groups excluding carboxylic acids is 1. The normalized spacial score (nSPS) is 10.3. The van der Waals surface area contributed by atoms with Crippen molar-refractivity contribution in [3.63, 3.8) is 0 Å². The molecule has 21 heavy (non-hydrogen) atoms. The van der Waals surface area contributed by atoms with Crippen molar-refractivity contribution < 1.29 is 18.7 Å². The molecule has 0 amide bonds. The zero-order valence-electron chi connectivity index (χ0n) is 12.3. The van der Waals surface area contributed by atoms with Gasteiger partial charge in [0.2, 0.25) is 5.78 Å². The lowest BCUT2D eigenvalue weighted by Crippen LogP contribution is -2.13. The van der Waals surface area contributed by atoms with E-state index < -0.39 is 5.82 Å². The number of aryl methyl sites for hydroxylation is 2. The quantitative estimate of drug-likeness (QED) is 0.787. The second kappa shape index (κ2) is 6.39. The number of hydrogen-bond donors (Lipinski definition) is 0. The van der Waals surface area contributed by atoms with E-state index in [1.807, 2.05) is 13.0 Å². The number of rotatable bonds is 5. The fourth-order valence-corrected chi connectivity index (χ4v) is 1.98. The zero-order chi connectivity index (χ0) is 15.4. The number of hydrogen-bond acceptors (Lipinski definition) is 3. The third kappa shape index (κ3) is 3.60. The molecular formula is C17H17FO3. The van der Waals surface area contributed by atoms with Crippen molar-refractivity contribution in [2.45, 2.75) is 13.8 Å². The van der Waals surface area contributed by atoms with Gasteiger partial charge in [0.05, 0.1) is 12.7 Å². The smallest absolute Gasteiger partial charge is 0.203 e. The van der Waals surface area contributed by atoms with E-state index in [2.05, 4.69) is 0 Å². The van der Waals surface area contributed by atoms with E-state index in [4.69, 9.17) is 9.47 Å². The van der Waals surface area contributed by atoms with Gasteiger partial charge in [-0.2, -0.15) is 0 Å². The number of halogens is 1. The Labute approximate surface area is 123 Å². The molecule has 110 valence electrons. The van der Waals surface area contributed by atoms with Gasteiger partial charge in [-0.3, -0.25) is 4.79 Å². The maximum absolute atomic E-state index is 13.2. The first-order valence-electron chi connectivity index (χ1n) is 6.58. The van der Waals surface area contributed by atoms with Crippen molar-refractivity contribution >= 4 is 5.78 Å². The molecule has 0 heterocycles. The van der Waals surface area contributed by atoms with Gasteiger partial charge in [-0.1, -0.05) is 12.1 Å². The number of methoxy groups -OCH3 is 1. The molecular weight excluding hydrogens is 271 g/mol. The van der Waals surface area contributed by atoms with Crippen LogP contribution in [-0.4, -0.2) is 19.5 Å². The van der Waals surface area contributed by atoms with Gasteiger partial charge in [0.15, 0.2) is 6.61 Å². The number of ether oxygens (including phenoxy) is 2. The van der Waals surface area contributed by atoms with E-state index in [0.717, 1.165) is 11.1 Å². The second-order valence-corrected chi connectivity index (χ2v) is 4.83. The monoisotopic (exact) mass is 288 g/mol. The van der Waals surface area contributed by atoms with Crippen molar-refractivity contribution in [1.29, 1.82) is 0 Å². The van der Waals surface area contributed by atoms with Crippen LogP contribution < -0.4 is 9.47 Å². The third-order valence-corrected chi connectivity index (χ3v) is 3.17. The standard InChI is InChI=1S/C17H17FO3/c1-11-4-7-14(17(8-11)20-3)15(19)10-21-16-9-13(18)6-5-12(16)2/h4-9H,10H2,1-3H3. The third-order valence-electron chi connectivity index (χ3n) is 3.17. The fraction of sp³-hybridized carbons (Fsp3) is 0.235. The van der Waals surface area contributed by atoms with Gasteiger partial charge in [-0.15, -0.1) is 0 Å². The summed E-state index contributed by atoms with van der Waals surface area (Å²) in [6.45, 7) is 3.55. The Morgan fingerprint density at radius 2 is 1.86 bits per heavy atom. The molecule has 0 aliphatic rings.